The number of pyridine rings is 1. The number of aromatic nitrogens is 3. The minimum atomic E-state index is 0.254. The van der Waals surface area contributed by atoms with Crippen molar-refractivity contribution in [3.63, 3.8) is 0 Å². The topological polar surface area (TPSA) is 72.3 Å². The summed E-state index contributed by atoms with van der Waals surface area (Å²) in [7, 11) is 5.50. The third-order valence-electron chi connectivity index (χ3n) is 6.07. The van der Waals surface area contributed by atoms with E-state index in [4.69, 9.17) is 9.72 Å². The molecule has 3 heterocycles. The summed E-state index contributed by atoms with van der Waals surface area (Å²) in [5.74, 6) is 1.59. The second-order valence-electron chi connectivity index (χ2n) is 7.85. The van der Waals surface area contributed by atoms with Gasteiger partial charge in [-0.1, -0.05) is 0 Å². The summed E-state index contributed by atoms with van der Waals surface area (Å²) >= 11 is 0. The van der Waals surface area contributed by atoms with E-state index in [0.29, 0.717) is 18.7 Å². The fourth-order valence-electron chi connectivity index (χ4n) is 4.32. The Balaban J connectivity index is 1.66. The van der Waals surface area contributed by atoms with Crippen LogP contribution in [0, 0.1) is 19.8 Å². The molecule has 1 N–H and O–H groups in total. The van der Waals surface area contributed by atoms with Gasteiger partial charge >= 0.3 is 0 Å². The summed E-state index contributed by atoms with van der Waals surface area (Å²) in [5.41, 5.74) is 4.04. The maximum absolute atomic E-state index is 12.8. The molecule has 7 nitrogen and oxygen atoms in total. The first-order chi connectivity index (χ1) is 13.5. The first-order valence-electron chi connectivity index (χ1n) is 10.2. The number of carbonyl (C=O) groups excluding carboxylic acids is 1. The van der Waals surface area contributed by atoms with Gasteiger partial charge in [-0.3, -0.25) is 4.79 Å². The molecule has 1 aliphatic heterocycles. The van der Waals surface area contributed by atoms with Gasteiger partial charge in [-0.15, -0.1) is 5.10 Å². The molecule has 3 rings (SSSR count). The van der Waals surface area contributed by atoms with Gasteiger partial charge in [-0.05, 0) is 70.2 Å². The normalized spacial score (nSPS) is 15.4. The van der Waals surface area contributed by atoms with Crippen molar-refractivity contribution in [1.82, 2.24) is 25.0 Å². The van der Waals surface area contributed by atoms with Crippen molar-refractivity contribution >= 4 is 16.9 Å². The molecule has 0 saturated carbocycles. The van der Waals surface area contributed by atoms with Crippen LogP contribution in [-0.4, -0.2) is 59.4 Å². The van der Waals surface area contributed by atoms with Crippen molar-refractivity contribution in [3.05, 3.63) is 16.8 Å². The number of nitrogens with one attached hydrogen (secondary N) is 1. The van der Waals surface area contributed by atoms with Crippen molar-refractivity contribution < 1.29 is 9.53 Å². The highest BCUT2D eigenvalue weighted by atomic mass is 16.5. The van der Waals surface area contributed by atoms with Crippen LogP contribution in [0.15, 0.2) is 0 Å². The van der Waals surface area contributed by atoms with E-state index >= 15 is 0 Å². The maximum atomic E-state index is 12.8. The van der Waals surface area contributed by atoms with Crippen LogP contribution in [0.2, 0.25) is 0 Å². The summed E-state index contributed by atoms with van der Waals surface area (Å²) in [5, 5.41) is 8.57. The van der Waals surface area contributed by atoms with Gasteiger partial charge in [0.05, 0.1) is 12.5 Å². The van der Waals surface area contributed by atoms with Crippen LogP contribution < -0.4 is 10.1 Å². The standard InChI is InChI=1S/C21H33N5O2/c1-14-17(15(2)23-20-19(14)21(28-5)24-25(20)4)6-7-18(27)26-12-9-16(10-13-26)8-11-22-3/h16,22H,6-13H2,1-5H3. The van der Waals surface area contributed by atoms with E-state index < -0.39 is 0 Å². The van der Waals surface area contributed by atoms with Crippen LogP contribution in [-0.2, 0) is 18.3 Å². The largest absolute Gasteiger partial charge is 0.479 e. The van der Waals surface area contributed by atoms with Gasteiger partial charge in [0.25, 0.3) is 0 Å². The Hall–Kier alpha value is -2.15. The van der Waals surface area contributed by atoms with Gasteiger partial charge in [-0.2, -0.15) is 0 Å². The van der Waals surface area contributed by atoms with Gasteiger partial charge in [0.1, 0.15) is 0 Å². The molecule has 1 saturated heterocycles. The zero-order valence-corrected chi connectivity index (χ0v) is 17.8. The van der Waals surface area contributed by atoms with Crippen LogP contribution in [0.1, 0.15) is 42.5 Å². The van der Waals surface area contributed by atoms with Crippen molar-refractivity contribution in [2.45, 2.75) is 46.0 Å². The molecular weight excluding hydrogens is 354 g/mol. The van der Waals surface area contributed by atoms with Gasteiger partial charge in [0.2, 0.25) is 11.8 Å². The fourth-order valence-corrected chi connectivity index (χ4v) is 4.32. The summed E-state index contributed by atoms with van der Waals surface area (Å²) in [4.78, 5) is 19.5. The minimum absolute atomic E-state index is 0.254. The van der Waals surface area contributed by atoms with Crippen LogP contribution in [0.4, 0.5) is 0 Å². The number of hydrogen-bond acceptors (Lipinski definition) is 5. The predicted molar refractivity (Wildman–Crippen MR) is 111 cm³/mol. The lowest BCUT2D eigenvalue weighted by Gasteiger charge is -2.32. The smallest absolute Gasteiger partial charge is 0.242 e. The SMILES string of the molecule is CNCCC1CCN(C(=O)CCc2c(C)nc3c(c(OC)nn3C)c2C)CC1. The Kier molecular flexibility index (Phi) is 6.54. The van der Waals surface area contributed by atoms with Crippen LogP contribution >= 0.6 is 0 Å². The third kappa shape index (κ3) is 4.14. The lowest BCUT2D eigenvalue weighted by atomic mass is 9.93. The zero-order chi connectivity index (χ0) is 20.3. The highest BCUT2D eigenvalue weighted by molar-refractivity contribution is 5.86. The third-order valence-corrected chi connectivity index (χ3v) is 6.07. The Morgan fingerprint density at radius 3 is 2.64 bits per heavy atom. The number of methoxy groups -OCH3 is 1. The first-order valence-corrected chi connectivity index (χ1v) is 10.2. The number of rotatable bonds is 7. The van der Waals surface area contributed by atoms with Crippen molar-refractivity contribution in [1.29, 1.82) is 0 Å². The molecular formula is C21H33N5O2. The van der Waals surface area contributed by atoms with E-state index in [1.54, 1.807) is 11.8 Å². The molecule has 0 bridgehead atoms. The quantitative estimate of drug-likeness (QED) is 0.790. The second kappa shape index (κ2) is 8.90. The van der Waals surface area contributed by atoms with Crippen molar-refractivity contribution in [2.75, 3.05) is 33.8 Å². The van der Waals surface area contributed by atoms with Gasteiger partial charge in [-0.25, -0.2) is 9.67 Å². The molecule has 0 atom stereocenters. The average molecular weight is 388 g/mol. The van der Waals surface area contributed by atoms with Crippen LogP contribution in [0.5, 0.6) is 5.88 Å². The molecule has 154 valence electrons. The summed E-state index contributed by atoms with van der Waals surface area (Å²) in [6, 6.07) is 0. The van der Waals surface area contributed by atoms with Gasteiger partial charge in [0, 0.05) is 32.3 Å². The number of aryl methyl sites for hydroxylation is 3. The van der Waals surface area contributed by atoms with E-state index in [0.717, 1.165) is 66.2 Å². The number of hydrogen-bond donors (Lipinski definition) is 1. The highest BCUT2D eigenvalue weighted by Crippen LogP contribution is 2.30. The van der Waals surface area contributed by atoms with Gasteiger partial charge in [0.15, 0.2) is 5.65 Å². The van der Waals surface area contributed by atoms with Gasteiger partial charge < -0.3 is 15.0 Å². The van der Waals surface area contributed by atoms with Crippen LogP contribution in [0.25, 0.3) is 11.0 Å². The first kappa shape index (κ1) is 20.6. The van der Waals surface area contributed by atoms with E-state index in [-0.39, 0.29) is 5.91 Å². The summed E-state index contributed by atoms with van der Waals surface area (Å²) in [6.45, 7) is 6.93. The maximum Gasteiger partial charge on any atom is 0.242 e. The number of nitrogens with zero attached hydrogens (tertiary/aromatic N) is 4. The molecule has 1 fully saturated rings. The van der Waals surface area contributed by atoms with E-state index in [1.807, 2.05) is 25.9 Å². The molecule has 28 heavy (non-hydrogen) atoms. The Morgan fingerprint density at radius 2 is 2.00 bits per heavy atom. The Labute approximate surface area is 167 Å². The molecule has 0 unspecified atom stereocenters. The van der Waals surface area contributed by atoms with E-state index in [2.05, 4.69) is 17.3 Å². The van der Waals surface area contributed by atoms with Crippen molar-refractivity contribution in [2.24, 2.45) is 13.0 Å². The molecule has 7 heteroatoms. The number of piperidine rings is 1. The van der Waals surface area contributed by atoms with E-state index in [1.165, 1.54) is 6.42 Å². The average Bonchev–Trinajstić information content (AvgIpc) is 3.02. The molecule has 2 aromatic heterocycles. The summed E-state index contributed by atoms with van der Waals surface area (Å²) in [6.07, 6.45) is 4.67. The number of carbonyl (C=O) groups is 1. The number of ether oxygens (including phenoxy) is 1. The van der Waals surface area contributed by atoms with E-state index in [9.17, 15) is 4.79 Å². The Bertz CT molecular complexity index is 837. The lowest BCUT2D eigenvalue weighted by molar-refractivity contribution is -0.132. The molecule has 1 amide bonds. The lowest BCUT2D eigenvalue weighted by Crippen LogP contribution is -2.39. The molecule has 1 aliphatic rings. The monoisotopic (exact) mass is 387 g/mol. The second-order valence-corrected chi connectivity index (χ2v) is 7.85. The number of fused-ring (bicyclic) bond motifs is 1. The number of amides is 1. The predicted octanol–water partition coefficient (Wildman–Crippen LogP) is 2.37. The Morgan fingerprint density at radius 1 is 1.29 bits per heavy atom. The highest BCUT2D eigenvalue weighted by Gasteiger charge is 2.23. The minimum Gasteiger partial charge on any atom is -0.479 e. The molecule has 2 aromatic rings. The molecule has 0 radical (unpaired) electrons. The van der Waals surface area contributed by atoms with Crippen LogP contribution in [0.3, 0.4) is 0 Å². The fraction of sp³-hybridized carbons (Fsp3) is 0.667. The molecule has 0 spiro atoms. The number of likely N-dealkylation sites (tertiary alicyclic amines) is 1. The van der Waals surface area contributed by atoms with Crippen molar-refractivity contribution in [3.8, 4) is 5.88 Å². The zero-order valence-electron chi connectivity index (χ0n) is 17.8. The summed E-state index contributed by atoms with van der Waals surface area (Å²) < 4.78 is 7.18. The molecule has 0 aliphatic carbocycles. The molecule has 0 aromatic carbocycles.